The molecule has 0 aliphatic heterocycles. The van der Waals surface area contributed by atoms with Crippen molar-refractivity contribution in [3.8, 4) is 0 Å². The zero-order chi connectivity index (χ0) is 17.1. The van der Waals surface area contributed by atoms with Gasteiger partial charge < -0.3 is 10.1 Å². The minimum absolute atomic E-state index is 0.0996. The lowest BCUT2D eigenvalue weighted by Gasteiger charge is -2.10. The first kappa shape index (κ1) is 16.1. The van der Waals surface area contributed by atoms with Crippen molar-refractivity contribution in [3.05, 3.63) is 53.9 Å². The van der Waals surface area contributed by atoms with Gasteiger partial charge in [0.15, 0.2) is 5.82 Å². The lowest BCUT2D eigenvalue weighted by Crippen LogP contribution is -2.15. The first-order valence-electron chi connectivity index (χ1n) is 7.80. The number of carbonyl (C=O) groups is 1. The number of aromatic nitrogens is 3. The van der Waals surface area contributed by atoms with Gasteiger partial charge >= 0.3 is 0 Å². The molecule has 0 fully saturated rings. The molecule has 1 unspecified atom stereocenters. The van der Waals surface area contributed by atoms with Crippen LogP contribution in [-0.4, -0.2) is 34.4 Å². The van der Waals surface area contributed by atoms with Crippen LogP contribution in [0, 0.1) is 6.92 Å². The van der Waals surface area contributed by atoms with Crippen LogP contribution in [0.15, 0.2) is 42.7 Å². The first-order valence-corrected chi connectivity index (χ1v) is 7.80. The molecule has 1 aromatic carbocycles. The van der Waals surface area contributed by atoms with Crippen molar-refractivity contribution in [2.75, 3.05) is 19.0 Å². The van der Waals surface area contributed by atoms with E-state index in [2.05, 4.69) is 15.4 Å². The number of hydrogen-bond donors (Lipinski definition) is 1. The number of nitrogens with one attached hydrogen (secondary N) is 1. The number of pyridine rings is 1. The highest BCUT2D eigenvalue weighted by molar-refractivity contribution is 6.11. The number of aryl methyl sites for hydroxylation is 1. The molecule has 24 heavy (non-hydrogen) atoms. The number of ether oxygens (including phenoxy) is 1. The van der Waals surface area contributed by atoms with Gasteiger partial charge in [-0.15, -0.1) is 0 Å². The summed E-state index contributed by atoms with van der Waals surface area (Å²) in [5.41, 5.74) is 2.32. The minimum atomic E-state index is -0.219. The van der Waals surface area contributed by atoms with E-state index in [9.17, 15) is 4.79 Å². The van der Waals surface area contributed by atoms with E-state index in [1.165, 1.54) is 0 Å². The number of amides is 1. The molecular formula is C18H20N4O2. The van der Waals surface area contributed by atoms with Gasteiger partial charge in [0.2, 0.25) is 0 Å². The summed E-state index contributed by atoms with van der Waals surface area (Å²) in [6.07, 6.45) is 3.52. The van der Waals surface area contributed by atoms with Crippen molar-refractivity contribution in [1.29, 1.82) is 0 Å². The smallest absolute Gasteiger partial charge is 0.259 e. The van der Waals surface area contributed by atoms with E-state index in [4.69, 9.17) is 4.74 Å². The Morgan fingerprint density at radius 2 is 2.17 bits per heavy atom. The van der Waals surface area contributed by atoms with Gasteiger partial charge in [-0.3, -0.25) is 14.5 Å². The number of anilines is 1. The second-order valence-corrected chi connectivity index (χ2v) is 5.77. The van der Waals surface area contributed by atoms with E-state index in [1.54, 1.807) is 30.1 Å². The lowest BCUT2D eigenvalue weighted by molar-refractivity contribution is 0.102. The minimum Gasteiger partial charge on any atom is -0.382 e. The number of nitrogens with zero attached hydrogens (tertiary/aromatic N) is 3. The number of benzene rings is 1. The highest BCUT2D eigenvalue weighted by atomic mass is 16.5. The van der Waals surface area contributed by atoms with Crippen LogP contribution < -0.4 is 5.32 Å². The molecule has 1 atom stereocenters. The van der Waals surface area contributed by atoms with E-state index in [0.29, 0.717) is 23.5 Å². The molecule has 3 aromatic rings. The van der Waals surface area contributed by atoms with Crippen LogP contribution in [0.1, 0.15) is 28.9 Å². The highest BCUT2D eigenvalue weighted by Crippen LogP contribution is 2.21. The Balaban J connectivity index is 1.85. The number of fused-ring (bicyclic) bond motifs is 1. The van der Waals surface area contributed by atoms with Crippen LogP contribution in [0.3, 0.4) is 0 Å². The zero-order valence-electron chi connectivity index (χ0n) is 14.0. The number of rotatable bonds is 5. The van der Waals surface area contributed by atoms with Crippen LogP contribution in [0.25, 0.3) is 10.9 Å². The zero-order valence-corrected chi connectivity index (χ0v) is 14.0. The SMILES string of the molecule is COCC(C)n1ccc(NC(=O)c2ccc(C)c3cccnc23)n1. The Kier molecular flexibility index (Phi) is 4.57. The molecule has 6 heteroatoms. The van der Waals surface area contributed by atoms with Crippen LogP contribution in [0.4, 0.5) is 5.82 Å². The van der Waals surface area contributed by atoms with Gasteiger partial charge in [-0.1, -0.05) is 12.1 Å². The predicted molar refractivity (Wildman–Crippen MR) is 93.2 cm³/mol. The van der Waals surface area contributed by atoms with Crippen molar-refractivity contribution in [2.24, 2.45) is 0 Å². The average molecular weight is 324 g/mol. The van der Waals surface area contributed by atoms with Crippen molar-refractivity contribution in [3.63, 3.8) is 0 Å². The highest BCUT2D eigenvalue weighted by Gasteiger charge is 2.14. The molecular weight excluding hydrogens is 304 g/mol. The Hall–Kier alpha value is -2.73. The van der Waals surface area contributed by atoms with Crippen LogP contribution in [0.2, 0.25) is 0 Å². The predicted octanol–water partition coefficient (Wildman–Crippen LogP) is 3.20. The average Bonchev–Trinajstić information content (AvgIpc) is 3.04. The third-order valence-corrected chi connectivity index (χ3v) is 3.94. The van der Waals surface area contributed by atoms with Gasteiger partial charge in [-0.25, -0.2) is 0 Å². The molecule has 0 saturated heterocycles. The molecule has 0 aliphatic rings. The molecule has 1 N–H and O–H groups in total. The quantitative estimate of drug-likeness (QED) is 0.782. The van der Waals surface area contributed by atoms with E-state index in [-0.39, 0.29) is 11.9 Å². The Bertz CT molecular complexity index is 872. The normalized spacial score (nSPS) is 12.3. The maximum absolute atomic E-state index is 12.6. The Morgan fingerprint density at radius 3 is 2.96 bits per heavy atom. The van der Waals surface area contributed by atoms with Gasteiger partial charge in [-0.05, 0) is 31.5 Å². The maximum atomic E-state index is 12.6. The number of methoxy groups -OCH3 is 1. The summed E-state index contributed by atoms with van der Waals surface area (Å²) in [6.45, 7) is 4.56. The molecule has 2 heterocycles. The summed E-state index contributed by atoms with van der Waals surface area (Å²) in [5, 5.41) is 8.19. The summed E-state index contributed by atoms with van der Waals surface area (Å²) in [4.78, 5) is 17.0. The van der Waals surface area contributed by atoms with Crippen molar-refractivity contribution in [2.45, 2.75) is 19.9 Å². The summed E-state index contributed by atoms with van der Waals surface area (Å²) in [6, 6.07) is 9.43. The molecule has 2 aromatic heterocycles. The topological polar surface area (TPSA) is 69.0 Å². The largest absolute Gasteiger partial charge is 0.382 e. The van der Waals surface area contributed by atoms with Gasteiger partial charge in [0, 0.05) is 31.0 Å². The van der Waals surface area contributed by atoms with Gasteiger partial charge in [0.25, 0.3) is 5.91 Å². The van der Waals surface area contributed by atoms with Crippen LogP contribution >= 0.6 is 0 Å². The summed E-state index contributed by atoms with van der Waals surface area (Å²) >= 11 is 0. The molecule has 0 radical (unpaired) electrons. The molecule has 3 rings (SSSR count). The van der Waals surface area contributed by atoms with Crippen molar-refractivity contribution in [1.82, 2.24) is 14.8 Å². The molecule has 1 amide bonds. The van der Waals surface area contributed by atoms with Crippen molar-refractivity contribution >= 4 is 22.6 Å². The van der Waals surface area contributed by atoms with Crippen LogP contribution in [-0.2, 0) is 4.74 Å². The fourth-order valence-electron chi connectivity index (χ4n) is 2.65. The number of hydrogen-bond acceptors (Lipinski definition) is 4. The molecule has 0 aliphatic carbocycles. The lowest BCUT2D eigenvalue weighted by atomic mass is 10.0. The van der Waals surface area contributed by atoms with Gasteiger partial charge in [-0.2, -0.15) is 5.10 Å². The summed E-state index contributed by atoms with van der Waals surface area (Å²) in [7, 11) is 1.65. The fourth-order valence-corrected chi connectivity index (χ4v) is 2.65. The van der Waals surface area contributed by atoms with E-state index < -0.39 is 0 Å². The third kappa shape index (κ3) is 3.14. The molecule has 124 valence electrons. The van der Waals surface area contributed by atoms with E-state index in [0.717, 1.165) is 10.9 Å². The second-order valence-electron chi connectivity index (χ2n) is 5.77. The first-order chi connectivity index (χ1) is 11.6. The summed E-state index contributed by atoms with van der Waals surface area (Å²) in [5.74, 6) is 0.288. The molecule has 6 nitrogen and oxygen atoms in total. The third-order valence-electron chi connectivity index (χ3n) is 3.94. The standard InChI is InChI=1S/C18H20N4O2/c1-12-6-7-15(17-14(12)5-4-9-19-17)18(23)20-16-8-10-22(21-16)13(2)11-24-3/h4-10,13H,11H2,1-3H3,(H,20,21,23). The van der Waals surface area contributed by atoms with Gasteiger partial charge in [0.05, 0.1) is 23.7 Å². The Labute approximate surface area is 140 Å². The number of carbonyl (C=O) groups excluding carboxylic acids is 1. The van der Waals surface area contributed by atoms with E-state index >= 15 is 0 Å². The molecule has 0 saturated carbocycles. The van der Waals surface area contributed by atoms with Gasteiger partial charge in [0.1, 0.15) is 0 Å². The Morgan fingerprint density at radius 1 is 1.33 bits per heavy atom. The summed E-state index contributed by atoms with van der Waals surface area (Å²) < 4.78 is 6.89. The molecule has 0 spiro atoms. The van der Waals surface area contributed by atoms with Crippen LogP contribution in [0.5, 0.6) is 0 Å². The maximum Gasteiger partial charge on any atom is 0.259 e. The monoisotopic (exact) mass is 324 g/mol. The van der Waals surface area contributed by atoms with Crippen molar-refractivity contribution < 1.29 is 9.53 Å². The second kappa shape index (κ2) is 6.80. The van der Waals surface area contributed by atoms with E-state index in [1.807, 2.05) is 38.2 Å². The fraction of sp³-hybridized carbons (Fsp3) is 0.278. The molecule has 0 bridgehead atoms.